The topological polar surface area (TPSA) is 65.7 Å². The highest BCUT2D eigenvalue weighted by molar-refractivity contribution is 6.12. The average Bonchev–Trinajstić information content (AvgIpc) is 2.96. The number of aromatic nitrogens is 5. The lowest BCUT2D eigenvalue weighted by Crippen LogP contribution is -1.99. The Morgan fingerprint density at radius 3 is 2.83 bits per heavy atom. The van der Waals surface area contributed by atoms with Crippen molar-refractivity contribution >= 4 is 21.9 Å². The minimum atomic E-state index is -0.395. The number of nitrogens with zero attached hydrogens (tertiary/aromatic N) is 5. The molecule has 3 heterocycles. The number of hydrogen-bond acceptors (Lipinski definition) is 5. The van der Waals surface area contributed by atoms with Gasteiger partial charge in [0.2, 0.25) is 0 Å². The summed E-state index contributed by atoms with van der Waals surface area (Å²) in [6.07, 6.45) is 3.35. The highest BCUT2D eigenvalue weighted by Gasteiger charge is 2.21. The number of ether oxygens (including phenoxy) is 1. The van der Waals surface area contributed by atoms with Gasteiger partial charge in [-0.1, -0.05) is 6.07 Å². The molecule has 4 aromatic rings. The van der Waals surface area contributed by atoms with E-state index in [1.54, 1.807) is 30.2 Å². The summed E-state index contributed by atoms with van der Waals surface area (Å²) in [6.45, 7) is 1.85. The Morgan fingerprint density at radius 1 is 1.25 bits per heavy atom. The van der Waals surface area contributed by atoms with Gasteiger partial charge in [0, 0.05) is 41.5 Å². The van der Waals surface area contributed by atoms with Gasteiger partial charge in [0.1, 0.15) is 17.1 Å². The third-order valence-electron chi connectivity index (χ3n) is 4.13. The van der Waals surface area contributed by atoms with E-state index in [4.69, 9.17) is 4.74 Å². The first-order valence-electron chi connectivity index (χ1n) is 7.38. The highest BCUT2D eigenvalue weighted by Crippen LogP contribution is 2.39. The Labute approximate surface area is 136 Å². The van der Waals surface area contributed by atoms with Crippen LogP contribution in [0.3, 0.4) is 0 Å². The molecule has 0 fully saturated rings. The average molecular weight is 323 g/mol. The standard InChI is InChI=1S/C17H14FN5O/c1-9-10(5-4-6-19-9)14-12(18)7-13(24-3)16-15(14)11-8-20-23(2)17(11)22-21-16/h4-8H,1-3H3. The van der Waals surface area contributed by atoms with Crippen molar-refractivity contribution in [1.82, 2.24) is 25.0 Å². The number of pyridine rings is 1. The summed E-state index contributed by atoms with van der Waals surface area (Å²) in [6, 6.07) is 4.96. The van der Waals surface area contributed by atoms with Crippen LogP contribution in [-0.2, 0) is 7.05 Å². The molecule has 7 heteroatoms. The molecule has 0 aliphatic heterocycles. The van der Waals surface area contributed by atoms with E-state index in [-0.39, 0.29) is 0 Å². The SMILES string of the molecule is COc1cc(F)c(-c2cccnc2C)c2c1nnc1c2cnn1C. The van der Waals surface area contributed by atoms with E-state index < -0.39 is 5.82 Å². The fourth-order valence-electron chi connectivity index (χ4n) is 2.97. The van der Waals surface area contributed by atoms with Crippen LogP contribution in [0, 0.1) is 12.7 Å². The maximum atomic E-state index is 15.0. The summed E-state index contributed by atoms with van der Waals surface area (Å²) < 4.78 is 21.9. The Morgan fingerprint density at radius 2 is 2.08 bits per heavy atom. The number of methoxy groups -OCH3 is 1. The molecule has 1 aromatic carbocycles. The molecule has 4 rings (SSSR count). The lowest BCUT2D eigenvalue weighted by molar-refractivity contribution is 0.415. The van der Waals surface area contributed by atoms with E-state index in [9.17, 15) is 4.39 Å². The molecule has 0 amide bonds. The van der Waals surface area contributed by atoms with Crippen LogP contribution < -0.4 is 4.74 Å². The van der Waals surface area contributed by atoms with Crippen molar-refractivity contribution in [2.24, 2.45) is 7.05 Å². The molecule has 0 atom stereocenters. The van der Waals surface area contributed by atoms with Crippen molar-refractivity contribution in [3.05, 3.63) is 42.1 Å². The molecule has 0 spiro atoms. The van der Waals surface area contributed by atoms with Crippen molar-refractivity contribution in [1.29, 1.82) is 0 Å². The van der Waals surface area contributed by atoms with E-state index in [0.29, 0.717) is 33.4 Å². The van der Waals surface area contributed by atoms with Gasteiger partial charge in [-0.15, -0.1) is 10.2 Å². The number of halogens is 1. The molecular weight excluding hydrogens is 309 g/mol. The van der Waals surface area contributed by atoms with Gasteiger partial charge in [-0.05, 0) is 13.0 Å². The smallest absolute Gasteiger partial charge is 0.180 e. The molecule has 0 N–H and O–H groups in total. The lowest BCUT2D eigenvalue weighted by Gasteiger charge is -2.13. The van der Waals surface area contributed by atoms with Crippen LogP contribution in [0.15, 0.2) is 30.6 Å². The van der Waals surface area contributed by atoms with Crippen LogP contribution in [0.2, 0.25) is 0 Å². The van der Waals surface area contributed by atoms with Gasteiger partial charge in [0.25, 0.3) is 0 Å². The molecule has 24 heavy (non-hydrogen) atoms. The van der Waals surface area contributed by atoms with Gasteiger partial charge >= 0.3 is 0 Å². The van der Waals surface area contributed by atoms with Crippen LogP contribution in [0.1, 0.15) is 5.69 Å². The molecule has 3 aromatic heterocycles. The molecule has 0 saturated heterocycles. The molecule has 0 aliphatic carbocycles. The number of rotatable bonds is 2. The van der Waals surface area contributed by atoms with Crippen molar-refractivity contribution in [2.45, 2.75) is 6.92 Å². The van der Waals surface area contributed by atoms with Gasteiger partial charge < -0.3 is 4.74 Å². The first-order valence-corrected chi connectivity index (χ1v) is 7.38. The maximum Gasteiger partial charge on any atom is 0.180 e. The fourth-order valence-corrected chi connectivity index (χ4v) is 2.97. The summed E-state index contributed by atoms with van der Waals surface area (Å²) in [5.41, 5.74) is 2.96. The molecule has 0 unspecified atom stereocenters. The maximum absolute atomic E-state index is 15.0. The van der Waals surface area contributed by atoms with Crippen LogP contribution in [0.25, 0.3) is 33.1 Å². The predicted molar refractivity (Wildman–Crippen MR) is 88.3 cm³/mol. The van der Waals surface area contributed by atoms with Crippen molar-refractivity contribution in [3.63, 3.8) is 0 Å². The summed E-state index contributed by atoms with van der Waals surface area (Å²) in [5, 5.41) is 14.0. The van der Waals surface area contributed by atoms with Crippen LogP contribution >= 0.6 is 0 Å². The van der Waals surface area contributed by atoms with Crippen molar-refractivity contribution in [2.75, 3.05) is 7.11 Å². The van der Waals surface area contributed by atoms with Gasteiger partial charge in [-0.3, -0.25) is 4.98 Å². The van der Waals surface area contributed by atoms with E-state index in [1.165, 1.54) is 13.2 Å². The van der Waals surface area contributed by atoms with Crippen molar-refractivity contribution < 1.29 is 9.13 Å². The Kier molecular flexibility index (Phi) is 3.16. The van der Waals surface area contributed by atoms with E-state index in [1.807, 2.05) is 13.0 Å². The zero-order valence-corrected chi connectivity index (χ0v) is 13.4. The second-order valence-corrected chi connectivity index (χ2v) is 5.50. The van der Waals surface area contributed by atoms with Crippen molar-refractivity contribution in [3.8, 4) is 16.9 Å². The van der Waals surface area contributed by atoms with E-state index >= 15 is 0 Å². The van der Waals surface area contributed by atoms with Crippen LogP contribution in [0.5, 0.6) is 5.75 Å². The number of aryl methyl sites for hydroxylation is 2. The number of benzene rings is 1. The van der Waals surface area contributed by atoms with Gasteiger partial charge in [0.15, 0.2) is 5.65 Å². The molecule has 0 saturated carbocycles. The Balaban J connectivity index is 2.26. The predicted octanol–water partition coefficient (Wildman–Crippen LogP) is 3.03. The fraction of sp³-hybridized carbons (Fsp3) is 0.176. The molecule has 120 valence electrons. The summed E-state index contributed by atoms with van der Waals surface area (Å²) >= 11 is 0. The monoisotopic (exact) mass is 323 g/mol. The molecule has 0 aliphatic rings. The zero-order chi connectivity index (χ0) is 16.8. The highest BCUT2D eigenvalue weighted by atomic mass is 19.1. The third-order valence-corrected chi connectivity index (χ3v) is 4.13. The van der Waals surface area contributed by atoms with Gasteiger partial charge in [0.05, 0.1) is 18.7 Å². The second kappa shape index (κ2) is 5.23. The first-order chi connectivity index (χ1) is 11.6. The zero-order valence-electron chi connectivity index (χ0n) is 13.4. The summed E-state index contributed by atoms with van der Waals surface area (Å²) in [5.74, 6) is -0.0559. The molecule has 0 bridgehead atoms. The Bertz CT molecular complexity index is 1090. The molecule has 0 radical (unpaired) electrons. The molecule has 6 nitrogen and oxygen atoms in total. The van der Waals surface area contributed by atoms with E-state index in [0.717, 1.165) is 11.1 Å². The Hall–Kier alpha value is -3.09. The van der Waals surface area contributed by atoms with Gasteiger partial charge in [-0.25, -0.2) is 9.07 Å². The minimum absolute atomic E-state index is 0.339. The quantitative estimate of drug-likeness (QED) is 0.567. The van der Waals surface area contributed by atoms with Gasteiger partial charge in [-0.2, -0.15) is 5.10 Å². The first kappa shape index (κ1) is 14.5. The van der Waals surface area contributed by atoms with Crippen LogP contribution in [0.4, 0.5) is 4.39 Å². The number of hydrogen-bond donors (Lipinski definition) is 0. The van der Waals surface area contributed by atoms with Crippen LogP contribution in [-0.4, -0.2) is 32.1 Å². The van der Waals surface area contributed by atoms with E-state index in [2.05, 4.69) is 20.3 Å². The lowest BCUT2D eigenvalue weighted by atomic mass is 9.97. The summed E-state index contributed by atoms with van der Waals surface area (Å²) in [4.78, 5) is 4.28. The molecular formula is C17H14FN5O. The third kappa shape index (κ3) is 1.94. The number of fused-ring (bicyclic) bond motifs is 3. The summed E-state index contributed by atoms with van der Waals surface area (Å²) in [7, 11) is 3.26. The largest absolute Gasteiger partial charge is 0.494 e. The second-order valence-electron chi connectivity index (χ2n) is 5.50. The normalized spacial score (nSPS) is 11.3. The minimum Gasteiger partial charge on any atom is -0.494 e.